The van der Waals surface area contributed by atoms with Crippen LogP contribution in [-0.2, 0) is 4.74 Å². The lowest BCUT2D eigenvalue weighted by molar-refractivity contribution is 0.0600. The monoisotopic (exact) mass is 379 g/mol. The first-order valence-electron chi connectivity index (χ1n) is 8.71. The Morgan fingerprint density at radius 2 is 1.89 bits per heavy atom. The molecule has 0 fully saturated rings. The molecule has 3 aromatic rings. The molecular formula is C20H21N5O3. The Morgan fingerprint density at radius 3 is 2.54 bits per heavy atom. The van der Waals surface area contributed by atoms with E-state index in [2.05, 4.69) is 25.5 Å². The number of anilines is 1. The summed E-state index contributed by atoms with van der Waals surface area (Å²) in [6.07, 6.45) is 3.43. The van der Waals surface area contributed by atoms with Crippen molar-refractivity contribution in [3.8, 4) is 5.82 Å². The van der Waals surface area contributed by atoms with Crippen molar-refractivity contribution in [3.63, 3.8) is 0 Å². The zero-order valence-electron chi connectivity index (χ0n) is 15.8. The van der Waals surface area contributed by atoms with Crippen molar-refractivity contribution in [1.82, 2.24) is 20.1 Å². The fourth-order valence-electron chi connectivity index (χ4n) is 2.81. The number of hydrogen-bond acceptors (Lipinski definition) is 5. The number of methoxy groups -OCH3 is 1. The number of nitrogens with one attached hydrogen (secondary N) is 2. The summed E-state index contributed by atoms with van der Waals surface area (Å²) in [7, 11) is 1.32. The third kappa shape index (κ3) is 4.17. The first-order valence-corrected chi connectivity index (χ1v) is 8.71. The van der Waals surface area contributed by atoms with Crippen LogP contribution in [0, 0.1) is 6.92 Å². The summed E-state index contributed by atoms with van der Waals surface area (Å²) in [6, 6.07) is 11.4. The molecule has 0 radical (unpaired) electrons. The lowest BCUT2D eigenvalue weighted by atomic mass is 10.1. The molecule has 0 aliphatic carbocycles. The van der Waals surface area contributed by atoms with E-state index in [1.54, 1.807) is 41.3 Å². The molecule has 1 atom stereocenters. The Morgan fingerprint density at radius 1 is 1.14 bits per heavy atom. The lowest BCUT2D eigenvalue weighted by Crippen LogP contribution is -2.31. The first-order chi connectivity index (χ1) is 13.5. The molecule has 8 heteroatoms. The molecule has 1 unspecified atom stereocenters. The van der Waals surface area contributed by atoms with Crippen molar-refractivity contribution in [2.24, 2.45) is 0 Å². The van der Waals surface area contributed by atoms with Crippen LogP contribution in [0.15, 0.2) is 54.9 Å². The Balaban J connectivity index is 1.65. The van der Waals surface area contributed by atoms with Crippen LogP contribution >= 0.6 is 0 Å². The number of amides is 2. The molecule has 2 N–H and O–H groups in total. The van der Waals surface area contributed by atoms with Gasteiger partial charge in [0.1, 0.15) is 0 Å². The summed E-state index contributed by atoms with van der Waals surface area (Å²) in [6.45, 7) is 3.81. The molecule has 28 heavy (non-hydrogen) atoms. The highest BCUT2D eigenvalue weighted by Crippen LogP contribution is 2.19. The predicted molar refractivity (Wildman–Crippen MR) is 104 cm³/mol. The van der Waals surface area contributed by atoms with Crippen LogP contribution in [0.2, 0.25) is 0 Å². The first kappa shape index (κ1) is 19.1. The van der Waals surface area contributed by atoms with E-state index in [1.165, 1.54) is 7.11 Å². The van der Waals surface area contributed by atoms with E-state index in [0.29, 0.717) is 17.1 Å². The average Bonchev–Trinajstić information content (AvgIpc) is 3.10. The van der Waals surface area contributed by atoms with Gasteiger partial charge in [0.15, 0.2) is 5.82 Å². The van der Waals surface area contributed by atoms with Crippen LogP contribution < -0.4 is 10.6 Å². The number of ether oxygens (including phenoxy) is 1. The summed E-state index contributed by atoms with van der Waals surface area (Å²) in [4.78, 5) is 28.0. The second kappa shape index (κ2) is 8.34. The van der Waals surface area contributed by atoms with Crippen LogP contribution in [0.4, 0.5) is 10.5 Å². The van der Waals surface area contributed by atoms with Gasteiger partial charge in [0.25, 0.3) is 0 Å². The van der Waals surface area contributed by atoms with Crippen molar-refractivity contribution in [1.29, 1.82) is 0 Å². The minimum absolute atomic E-state index is 0.258. The standard InChI is InChI=1S/C20H21N5O3/c1-13(17-12-22-25(14(17)2)18-6-4-5-11-21-18)23-20(27)24-16-9-7-15(8-10-16)19(26)28-3/h4-13H,1-3H3,(H2,23,24,27). The predicted octanol–water partition coefficient (Wildman–Crippen LogP) is 3.25. The fraction of sp³-hybridized carbons (Fsp3) is 0.200. The van der Waals surface area contributed by atoms with Gasteiger partial charge in [-0.1, -0.05) is 6.07 Å². The summed E-state index contributed by atoms with van der Waals surface area (Å²) in [5.41, 5.74) is 2.77. The Labute approximate surface area is 162 Å². The molecule has 0 saturated carbocycles. The number of urea groups is 1. The molecule has 0 bridgehead atoms. The van der Waals surface area contributed by atoms with Crippen LogP contribution in [0.25, 0.3) is 5.82 Å². The van der Waals surface area contributed by atoms with Gasteiger partial charge >= 0.3 is 12.0 Å². The highest BCUT2D eigenvalue weighted by Gasteiger charge is 2.17. The van der Waals surface area contributed by atoms with Crippen molar-refractivity contribution in [3.05, 3.63) is 71.7 Å². The van der Waals surface area contributed by atoms with Gasteiger partial charge in [-0.05, 0) is 50.2 Å². The Bertz CT molecular complexity index is 967. The third-order valence-corrected chi connectivity index (χ3v) is 4.29. The molecule has 3 rings (SSSR count). The Kier molecular flexibility index (Phi) is 5.69. The quantitative estimate of drug-likeness (QED) is 0.663. The van der Waals surface area contributed by atoms with E-state index in [1.807, 2.05) is 32.0 Å². The highest BCUT2D eigenvalue weighted by atomic mass is 16.5. The number of carbonyl (C=O) groups excluding carboxylic acids is 2. The maximum Gasteiger partial charge on any atom is 0.337 e. The molecule has 8 nitrogen and oxygen atoms in total. The van der Waals surface area contributed by atoms with Gasteiger partial charge < -0.3 is 15.4 Å². The zero-order valence-corrected chi connectivity index (χ0v) is 15.8. The smallest absolute Gasteiger partial charge is 0.337 e. The van der Waals surface area contributed by atoms with Crippen molar-refractivity contribution >= 4 is 17.7 Å². The summed E-state index contributed by atoms with van der Waals surface area (Å²) in [5.74, 6) is 0.290. The van der Waals surface area contributed by atoms with Crippen molar-refractivity contribution in [2.45, 2.75) is 19.9 Å². The minimum Gasteiger partial charge on any atom is -0.465 e. The molecule has 2 heterocycles. The van der Waals surface area contributed by atoms with E-state index in [0.717, 1.165) is 11.3 Å². The van der Waals surface area contributed by atoms with Gasteiger partial charge in [0, 0.05) is 23.1 Å². The molecule has 144 valence electrons. The maximum absolute atomic E-state index is 12.3. The summed E-state index contributed by atoms with van der Waals surface area (Å²) >= 11 is 0. The van der Waals surface area contributed by atoms with Gasteiger partial charge in [0.05, 0.1) is 24.9 Å². The van der Waals surface area contributed by atoms with Crippen LogP contribution in [0.3, 0.4) is 0 Å². The zero-order chi connectivity index (χ0) is 20.1. The summed E-state index contributed by atoms with van der Waals surface area (Å²) < 4.78 is 6.39. The van der Waals surface area contributed by atoms with E-state index in [4.69, 9.17) is 0 Å². The lowest BCUT2D eigenvalue weighted by Gasteiger charge is -2.15. The van der Waals surface area contributed by atoms with E-state index < -0.39 is 5.97 Å². The average molecular weight is 379 g/mol. The van der Waals surface area contributed by atoms with E-state index in [-0.39, 0.29) is 12.1 Å². The largest absolute Gasteiger partial charge is 0.465 e. The normalized spacial score (nSPS) is 11.5. The second-order valence-electron chi connectivity index (χ2n) is 6.17. The Hall–Kier alpha value is -3.68. The topological polar surface area (TPSA) is 98.1 Å². The second-order valence-corrected chi connectivity index (χ2v) is 6.17. The molecule has 0 spiro atoms. The molecule has 0 saturated heterocycles. The van der Waals surface area contributed by atoms with Crippen molar-refractivity contribution < 1.29 is 14.3 Å². The van der Waals surface area contributed by atoms with E-state index in [9.17, 15) is 9.59 Å². The fourth-order valence-corrected chi connectivity index (χ4v) is 2.81. The van der Waals surface area contributed by atoms with Gasteiger partial charge in [-0.3, -0.25) is 0 Å². The van der Waals surface area contributed by atoms with E-state index >= 15 is 0 Å². The molecule has 0 aliphatic heterocycles. The molecular weight excluding hydrogens is 358 g/mol. The number of esters is 1. The van der Waals surface area contributed by atoms with Crippen LogP contribution in [0.1, 0.15) is 34.6 Å². The number of nitrogens with zero attached hydrogens (tertiary/aromatic N) is 3. The van der Waals surface area contributed by atoms with Crippen molar-refractivity contribution in [2.75, 3.05) is 12.4 Å². The third-order valence-electron chi connectivity index (χ3n) is 4.29. The summed E-state index contributed by atoms with van der Waals surface area (Å²) in [5, 5.41) is 10.00. The van der Waals surface area contributed by atoms with Gasteiger partial charge in [-0.25, -0.2) is 19.3 Å². The molecule has 2 amide bonds. The number of aromatic nitrogens is 3. The molecule has 0 aliphatic rings. The number of carbonyl (C=O) groups is 2. The van der Waals surface area contributed by atoms with Gasteiger partial charge in [-0.2, -0.15) is 5.10 Å². The number of pyridine rings is 1. The maximum atomic E-state index is 12.3. The van der Waals surface area contributed by atoms with Gasteiger partial charge in [0.2, 0.25) is 0 Å². The number of hydrogen-bond donors (Lipinski definition) is 2. The SMILES string of the molecule is COC(=O)c1ccc(NC(=O)NC(C)c2cnn(-c3ccccn3)c2C)cc1. The van der Waals surface area contributed by atoms with Gasteiger partial charge in [-0.15, -0.1) is 0 Å². The van der Waals surface area contributed by atoms with Crippen LogP contribution in [0.5, 0.6) is 0 Å². The minimum atomic E-state index is -0.426. The number of benzene rings is 1. The number of rotatable bonds is 5. The molecule has 1 aromatic carbocycles. The highest BCUT2D eigenvalue weighted by molar-refractivity contribution is 5.92. The van der Waals surface area contributed by atoms with Crippen LogP contribution in [-0.4, -0.2) is 33.9 Å². The molecule has 2 aromatic heterocycles.